The molecular formula is C16H17N5. The largest absolute Gasteiger partial charge is 0.316 e. The fourth-order valence-corrected chi connectivity index (χ4v) is 2.85. The van der Waals surface area contributed by atoms with Crippen LogP contribution < -0.4 is 5.32 Å². The fraction of sp³-hybridized carbons (Fsp3) is 0.312. The average Bonchev–Trinajstić information content (AvgIpc) is 2.99. The molecule has 1 saturated heterocycles. The molecule has 1 atom stereocenters. The van der Waals surface area contributed by atoms with Gasteiger partial charge in [0.25, 0.3) is 0 Å². The number of pyridine rings is 2. The molecule has 0 bridgehead atoms. The third kappa shape index (κ3) is 2.40. The predicted molar refractivity (Wildman–Crippen MR) is 81.1 cm³/mol. The molecule has 21 heavy (non-hydrogen) atoms. The van der Waals surface area contributed by atoms with Crippen molar-refractivity contribution in [2.45, 2.75) is 18.8 Å². The van der Waals surface area contributed by atoms with Crippen LogP contribution in [0.25, 0.3) is 16.8 Å². The first-order valence-corrected chi connectivity index (χ1v) is 7.37. The molecule has 5 heteroatoms. The highest BCUT2D eigenvalue weighted by molar-refractivity contribution is 5.63. The summed E-state index contributed by atoms with van der Waals surface area (Å²) < 4.78 is 1.88. The lowest BCUT2D eigenvalue weighted by Crippen LogP contribution is -2.28. The first kappa shape index (κ1) is 12.5. The number of aromatic nitrogens is 4. The third-order valence-corrected chi connectivity index (χ3v) is 4.00. The third-order valence-electron chi connectivity index (χ3n) is 4.00. The van der Waals surface area contributed by atoms with Crippen molar-refractivity contribution in [1.29, 1.82) is 0 Å². The van der Waals surface area contributed by atoms with Crippen LogP contribution in [0.5, 0.6) is 0 Å². The van der Waals surface area contributed by atoms with Gasteiger partial charge in [-0.05, 0) is 37.6 Å². The van der Waals surface area contributed by atoms with Crippen molar-refractivity contribution in [2.75, 3.05) is 13.1 Å². The Labute approximate surface area is 123 Å². The maximum atomic E-state index is 4.67. The minimum absolute atomic E-state index is 0.431. The van der Waals surface area contributed by atoms with Crippen molar-refractivity contribution in [2.24, 2.45) is 0 Å². The van der Waals surface area contributed by atoms with E-state index < -0.39 is 0 Å². The van der Waals surface area contributed by atoms with Gasteiger partial charge in [0, 0.05) is 42.2 Å². The zero-order valence-corrected chi connectivity index (χ0v) is 11.7. The van der Waals surface area contributed by atoms with Gasteiger partial charge >= 0.3 is 0 Å². The number of piperidine rings is 1. The lowest BCUT2D eigenvalue weighted by Gasteiger charge is -2.19. The molecule has 1 fully saturated rings. The number of hydrogen-bond donors (Lipinski definition) is 1. The molecule has 1 aliphatic rings. The highest BCUT2D eigenvalue weighted by Crippen LogP contribution is 2.22. The van der Waals surface area contributed by atoms with Gasteiger partial charge in [-0.2, -0.15) is 5.10 Å². The molecule has 4 heterocycles. The zero-order chi connectivity index (χ0) is 14.1. The van der Waals surface area contributed by atoms with E-state index in [4.69, 9.17) is 0 Å². The fourth-order valence-electron chi connectivity index (χ4n) is 2.85. The van der Waals surface area contributed by atoms with E-state index in [0.29, 0.717) is 5.92 Å². The SMILES string of the molecule is c1cncc(-c2ccc3nc([C@@H]4CCCNC4)nn3c2)c1. The maximum absolute atomic E-state index is 4.67. The number of nitrogens with one attached hydrogen (secondary N) is 1. The van der Waals surface area contributed by atoms with Crippen LogP contribution in [-0.4, -0.2) is 32.7 Å². The van der Waals surface area contributed by atoms with Crippen LogP contribution in [0.15, 0.2) is 42.9 Å². The van der Waals surface area contributed by atoms with Crippen LogP contribution in [0.1, 0.15) is 24.6 Å². The van der Waals surface area contributed by atoms with Gasteiger partial charge in [-0.1, -0.05) is 6.07 Å². The van der Waals surface area contributed by atoms with E-state index >= 15 is 0 Å². The van der Waals surface area contributed by atoms with E-state index in [1.54, 1.807) is 6.20 Å². The van der Waals surface area contributed by atoms with Gasteiger partial charge in [-0.3, -0.25) is 4.98 Å². The van der Waals surface area contributed by atoms with Gasteiger partial charge in [0.1, 0.15) is 0 Å². The van der Waals surface area contributed by atoms with Gasteiger partial charge < -0.3 is 5.32 Å². The first-order chi connectivity index (χ1) is 10.4. The van der Waals surface area contributed by atoms with Crippen LogP contribution in [-0.2, 0) is 0 Å². The Morgan fingerprint density at radius 1 is 1.19 bits per heavy atom. The minimum atomic E-state index is 0.431. The van der Waals surface area contributed by atoms with Crippen LogP contribution in [0.4, 0.5) is 0 Å². The smallest absolute Gasteiger partial charge is 0.156 e. The molecule has 3 aromatic rings. The summed E-state index contributed by atoms with van der Waals surface area (Å²) in [5.41, 5.74) is 3.10. The molecule has 4 rings (SSSR count). The Bertz CT molecular complexity index is 744. The van der Waals surface area contributed by atoms with Crippen molar-refractivity contribution in [3.63, 3.8) is 0 Å². The van der Waals surface area contributed by atoms with Crippen molar-refractivity contribution >= 4 is 5.65 Å². The first-order valence-electron chi connectivity index (χ1n) is 7.37. The van der Waals surface area contributed by atoms with Crippen molar-refractivity contribution < 1.29 is 0 Å². The molecule has 5 nitrogen and oxygen atoms in total. The highest BCUT2D eigenvalue weighted by Gasteiger charge is 2.19. The van der Waals surface area contributed by atoms with Crippen LogP contribution in [0, 0.1) is 0 Å². The topological polar surface area (TPSA) is 55.1 Å². The number of fused-ring (bicyclic) bond motifs is 1. The van der Waals surface area contributed by atoms with Gasteiger partial charge in [-0.15, -0.1) is 0 Å². The lowest BCUT2D eigenvalue weighted by molar-refractivity contribution is 0.447. The summed E-state index contributed by atoms with van der Waals surface area (Å²) in [6, 6.07) is 8.09. The van der Waals surface area contributed by atoms with Crippen LogP contribution >= 0.6 is 0 Å². The Morgan fingerprint density at radius 2 is 2.19 bits per heavy atom. The van der Waals surface area contributed by atoms with Crippen LogP contribution in [0.3, 0.4) is 0 Å². The molecule has 0 amide bonds. The molecule has 0 spiro atoms. The maximum Gasteiger partial charge on any atom is 0.156 e. The second-order valence-electron chi connectivity index (χ2n) is 5.48. The standard InChI is InChI=1S/C16H17N5/c1-3-12(9-17-7-1)14-5-6-15-19-16(20-21(15)11-14)13-4-2-8-18-10-13/h1,3,5-7,9,11,13,18H,2,4,8,10H2/t13-/m1/s1. The van der Waals surface area contributed by atoms with E-state index in [9.17, 15) is 0 Å². The Morgan fingerprint density at radius 3 is 3.00 bits per heavy atom. The van der Waals surface area contributed by atoms with E-state index in [2.05, 4.69) is 32.5 Å². The van der Waals surface area contributed by atoms with Crippen molar-refractivity contribution in [3.8, 4) is 11.1 Å². The molecule has 1 N–H and O–H groups in total. The predicted octanol–water partition coefficient (Wildman–Crippen LogP) is 2.26. The van der Waals surface area contributed by atoms with E-state index in [1.807, 2.05) is 29.0 Å². The van der Waals surface area contributed by atoms with Gasteiger partial charge in [0.2, 0.25) is 0 Å². The number of hydrogen-bond acceptors (Lipinski definition) is 4. The molecule has 0 aliphatic carbocycles. The second kappa shape index (κ2) is 5.26. The molecule has 0 saturated carbocycles. The molecular weight excluding hydrogens is 262 g/mol. The molecule has 3 aromatic heterocycles. The zero-order valence-electron chi connectivity index (χ0n) is 11.7. The lowest BCUT2D eigenvalue weighted by atomic mass is 9.99. The molecule has 106 valence electrons. The summed E-state index contributed by atoms with van der Waals surface area (Å²) >= 11 is 0. The van der Waals surface area contributed by atoms with Gasteiger partial charge in [0.15, 0.2) is 11.5 Å². The Hall–Kier alpha value is -2.27. The summed E-state index contributed by atoms with van der Waals surface area (Å²) in [5.74, 6) is 1.38. The Kier molecular flexibility index (Phi) is 3.12. The summed E-state index contributed by atoms with van der Waals surface area (Å²) in [6.45, 7) is 2.08. The molecule has 1 aliphatic heterocycles. The normalized spacial score (nSPS) is 19.0. The second-order valence-corrected chi connectivity index (χ2v) is 5.48. The van der Waals surface area contributed by atoms with Crippen molar-refractivity contribution in [1.82, 2.24) is 24.9 Å². The molecule has 0 unspecified atom stereocenters. The van der Waals surface area contributed by atoms with Crippen LogP contribution in [0.2, 0.25) is 0 Å². The number of rotatable bonds is 2. The molecule has 0 aromatic carbocycles. The average molecular weight is 279 g/mol. The highest BCUT2D eigenvalue weighted by atomic mass is 15.3. The van der Waals surface area contributed by atoms with E-state index in [0.717, 1.165) is 35.7 Å². The summed E-state index contributed by atoms with van der Waals surface area (Å²) in [6.07, 6.45) is 8.04. The summed E-state index contributed by atoms with van der Waals surface area (Å²) in [5, 5.41) is 8.09. The van der Waals surface area contributed by atoms with E-state index in [-0.39, 0.29) is 0 Å². The van der Waals surface area contributed by atoms with E-state index in [1.165, 1.54) is 12.8 Å². The minimum Gasteiger partial charge on any atom is -0.316 e. The molecule has 0 radical (unpaired) electrons. The summed E-state index contributed by atoms with van der Waals surface area (Å²) in [7, 11) is 0. The quantitative estimate of drug-likeness (QED) is 0.782. The van der Waals surface area contributed by atoms with Crippen molar-refractivity contribution in [3.05, 3.63) is 48.7 Å². The van der Waals surface area contributed by atoms with Gasteiger partial charge in [0.05, 0.1) is 0 Å². The Balaban J connectivity index is 1.71. The summed E-state index contributed by atoms with van der Waals surface area (Å²) in [4.78, 5) is 8.83. The number of nitrogens with zero attached hydrogens (tertiary/aromatic N) is 4. The monoisotopic (exact) mass is 279 g/mol. The van der Waals surface area contributed by atoms with Gasteiger partial charge in [-0.25, -0.2) is 9.50 Å².